The summed E-state index contributed by atoms with van der Waals surface area (Å²) in [4.78, 5) is 17.3. The molecule has 0 aliphatic heterocycles. The lowest BCUT2D eigenvalue weighted by Crippen LogP contribution is -2.20. The molecular weight excluding hydrogens is 364 g/mol. The minimum atomic E-state index is -0.255. The van der Waals surface area contributed by atoms with Gasteiger partial charge in [-0.15, -0.1) is 0 Å². The molecule has 0 radical (unpaired) electrons. The van der Waals surface area contributed by atoms with Crippen molar-refractivity contribution in [3.05, 3.63) is 60.2 Å². The SMILES string of the molecule is Cc1cccc2cc3c(NC(=O)COc4ccccc4)nn(CC(C)C)c3nc12. The maximum absolute atomic E-state index is 12.5. The maximum atomic E-state index is 12.5. The molecular formula is C23H24N4O2. The number of amides is 1. The van der Waals surface area contributed by atoms with Crippen molar-refractivity contribution in [1.82, 2.24) is 14.8 Å². The molecule has 148 valence electrons. The number of pyridine rings is 1. The second-order valence-electron chi connectivity index (χ2n) is 7.58. The zero-order valence-electron chi connectivity index (χ0n) is 16.8. The molecule has 6 heteroatoms. The Labute approximate surface area is 169 Å². The van der Waals surface area contributed by atoms with Crippen molar-refractivity contribution in [3.63, 3.8) is 0 Å². The third-order valence-electron chi connectivity index (χ3n) is 4.66. The first-order valence-electron chi connectivity index (χ1n) is 9.76. The van der Waals surface area contributed by atoms with E-state index < -0.39 is 0 Å². The van der Waals surface area contributed by atoms with Gasteiger partial charge < -0.3 is 10.1 Å². The van der Waals surface area contributed by atoms with Crippen LogP contribution in [0.2, 0.25) is 0 Å². The molecule has 0 spiro atoms. The van der Waals surface area contributed by atoms with Crippen molar-refractivity contribution in [2.75, 3.05) is 11.9 Å². The highest BCUT2D eigenvalue weighted by atomic mass is 16.5. The summed E-state index contributed by atoms with van der Waals surface area (Å²) in [5, 5.41) is 9.39. The summed E-state index contributed by atoms with van der Waals surface area (Å²) in [6.45, 7) is 6.95. The predicted octanol–water partition coefficient (Wildman–Crippen LogP) is 4.57. The van der Waals surface area contributed by atoms with Crippen LogP contribution in [0, 0.1) is 12.8 Å². The van der Waals surface area contributed by atoms with E-state index in [0.29, 0.717) is 17.5 Å². The molecule has 0 saturated heterocycles. The van der Waals surface area contributed by atoms with Gasteiger partial charge in [-0.3, -0.25) is 4.79 Å². The van der Waals surface area contributed by atoms with Gasteiger partial charge in [-0.2, -0.15) is 5.10 Å². The molecule has 4 rings (SSSR count). The second-order valence-corrected chi connectivity index (χ2v) is 7.58. The largest absolute Gasteiger partial charge is 0.484 e. The lowest BCUT2D eigenvalue weighted by atomic mass is 10.1. The molecule has 2 heterocycles. The second kappa shape index (κ2) is 7.91. The number of rotatable bonds is 6. The molecule has 0 fully saturated rings. The zero-order valence-corrected chi connectivity index (χ0v) is 16.8. The van der Waals surface area contributed by atoms with Gasteiger partial charge in [-0.25, -0.2) is 9.67 Å². The van der Waals surface area contributed by atoms with Gasteiger partial charge in [0.05, 0.1) is 10.9 Å². The third-order valence-corrected chi connectivity index (χ3v) is 4.66. The van der Waals surface area contributed by atoms with E-state index in [1.807, 2.05) is 66.2 Å². The van der Waals surface area contributed by atoms with Gasteiger partial charge in [0.2, 0.25) is 0 Å². The summed E-state index contributed by atoms with van der Waals surface area (Å²) in [5.74, 6) is 1.31. The number of hydrogen-bond donors (Lipinski definition) is 1. The number of hydrogen-bond acceptors (Lipinski definition) is 4. The molecule has 6 nitrogen and oxygen atoms in total. The van der Waals surface area contributed by atoms with Crippen LogP contribution >= 0.6 is 0 Å². The van der Waals surface area contributed by atoms with Gasteiger partial charge in [0, 0.05) is 11.9 Å². The molecule has 0 bridgehead atoms. The van der Waals surface area contributed by atoms with E-state index in [1.165, 1.54) is 0 Å². The summed E-state index contributed by atoms with van der Waals surface area (Å²) < 4.78 is 7.42. The monoisotopic (exact) mass is 388 g/mol. The van der Waals surface area contributed by atoms with Crippen molar-refractivity contribution in [1.29, 1.82) is 0 Å². The van der Waals surface area contributed by atoms with Crippen molar-refractivity contribution in [3.8, 4) is 5.75 Å². The summed E-state index contributed by atoms with van der Waals surface area (Å²) >= 11 is 0. The third kappa shape index (κ3) is 4.06. The van der Waals surface area contributed by atoms with Crippen LogP contribution in [0.15, 0.2) is 54.6 Å². The maximum Gasteiger partial charge on any atom is 0.263 e. The Hall–Kier alpha value is -3.41. The van der Waals surface area contributed by atoms with E-state index >= 15 is 0 Å². The lowest BCUT2D eigenvalue weighted by Gasteiger charge is -2.06. The minimum Gasteiger partial charge on any atom is -0.484 e. The number of carbonyl (C=O) groups is 1. The van der Waals surface area contributed by atoms with Crippen molar-refractivity contribution in [2.24, 2.45) is 5.92 Å². The minimum absolute atomic E-state index is 0.0807. The summed E-state index contributed by atoms with van der Waals surface area (Å²) in [6, 6.07) is 17.4. The quantitative estimate of drug-likeness (QED) is 0.525. The van der Waals surface area contributed by atoms with Crippen LogP contribution in [-0.2, 0) is 11.3 Å². The first kappa shape index (κ1) is 18.9. The molecule has 1 N–H and O–H groups in total. The summed E-state index contributed by atoms with van der Waals surface area (Å²) in [7, 11) is 0. The van der Waals surface area contributed by atoms with Crippen molar-refractivity contribution in [2.45, 2.75) is 27.3 Å². The van der Waals surface area contributed by atoms with Crippen LogP contribution in [0.1, 0.15) is 19.4 Å². The number of benzene rings is 2. The van der Waals surface area contributed by atoms with Crippen LogP contribution in [-0.4, -0.2) is 27.3 Å². The highest BCUT2D eigenvalue weighted by Crippen LogP contribution is 2.28. The van der Waals surface area contributed by atoms with E-state index in [2.05, 4.69) is 24.3 Å². The fourth-order valence-corrected chi connectivity index (χ4v) is 3.33. The van der Waals surface area contributed by atoms with Gasteiger partial charge in [0.15, 0.2) is 18.1 Å². The Morgan fingerprint density at radius 2 is 1.93 bits per heavy atom. The van der Waals surface area contributed by atoms with Crippen LogP contribution < -0.4 is 10.1 Å². The van der Waals surface area contributed by atoms with Crippen LogP contribution in [0.4, 0.5) is 5.82 Å². The molecule has 1 amide bonds. The summed E-state index contributed by atoms with van der Waals surface area (Å²) in [5.41, 5.74) is 2.85. The van der Waals surface area contributed by atoms with Gasteiger partial charge in [-0.05, 0) is 36.6 Å². The van der Waals surface area contributed by atoms with Crippen molar-refractivity contribution < 1.29 is 9.53 Å². The number of fused-ring (bicyclic) bond motifs is 2. The highest BCUT2D eigenvalue weighted by molar-refractivity contribution is 6.03. The van der Waals surface area contributed by atoms with Crippen molar-refractivity contribution >= 4 is 33.7 Å². The van der Waals surface area contributed by atoms with Gasteiger partial charge in [-0.1, -0.05) is 50.2 Å². The Morgan fingerprint density at radius 1 is 1.14 bits per heavy atom. The molecule has 0 unspecified atom stereocenters. The van der Waals surface area contributed by atoms with E-state index in [4.69, 9.17) is 9.72 Å². The van der Waals surface area contributed by atoms with Crippen LogP contribution in [0.3, 0.4) is 0 Å². The van der Waals surface area contributed by atoms with Gasteiger partial charge in [0.1, 0.15) is 5.75 Å². The van der Waals surface area contributed by atoms with Gasteiger partial charge >= 0.3 is 0 Å². The number of nitrogens with zero attached hydrogens (tertiary/aromatic N) is 3. The van der Waals surface area contributed by atoms with E-state index in [1.54, 1.807) is 0 Å². The first-order chi connectivity index (χ1) is 14.0. The predicted molar refractivity (Wildman–Crippen MR) is 115 cm³/mol. The van der Waals surface area contributed by atoms with Gasteiger partial charge in [0.25, 0.3) is 5.91 Å². The molecule has 29 heavy (non-hydrogen) atoms. The molecule has 0 saturated carbocycles. The molecule has 2 aromatic heterocycles. The number of nitrogens with one attached hydrogen (secondary N) is 1. The average Bonchev–Trinajstić information content (AvgIpc) is 3.02. The Morgan fingerprint density at radius 3 is 2.69 bits per heavy atom. The Balaban J connectivity index is 1.66. The molecule has 2 aromatic carbocycles. The van der Waals surface area contributed by atoms with Crippen LogP contribution in [0.25, 0.3) is 21.9 Å². The number of aromatic nitrogens is 3. The average molecular weight is 388 g/mol. The van der Waals surface area contributed by atoms with E-state index in [-0.39, 0.29) is 12.5 Å². The Bertz CT molecular complexity index is 1170. The number of ether oxygens (including phenoxy) is 1. The number of carbonyl (C=O) groups excluding carboxylic acids is 1. The molecule has 0 atom stereocenters. The smallest absolute Gasteiger partial charge is 0.263 e. The normalized spacial score (nSPS) is 11.3. The summed E-state index contributed by atoms with van der Waals surface area (Å²) in [6.07, 6.45) is 0. The number of aryl methyl sites for hydroxylation is 1. The highest BCUT2D eigenvalue weighted by Gasteiger charge is 2.17. The lowest BCUT2D eigenvalue weighted by molar-refractivity contribution is -0.118. The fraction of sp³-hybridized carbons (Fsp3) is 0.261. The first-order valence-corrected chi connectivity index (χ1v) is 9.76. The zero-order chi connectivity index (χ0) is 20.4. The fourth-order valence-electron chi connectivity index (χ4n) is 3.33. The number of anilines is 1. The topological polar surface area (TPSA) is 69.0 Å². The molecule has 0 aliphatic rings. The van der Waals surface area contributed by atoms with Crippen LogP contribution in [0.5, 0.6) is 5.75 Å². The Kier molecular flexibility index (Phi) is 5.16. The van der Waals surface area contributed by atoms with E-state index in [9.17, 15) is 4.79 Å². The van der Waals surface area contributed by atoms with E-state index in [0.717, 1.165) is 34.0 Å². The molecule has 4 aromatic rings. The standard InChI is InChI=1S/C23H24N4O2/c1-15(2)13-27-23-19(12-17-9-7-8-16(3)21(17)25-23)22(26-27)24-20(28)14-29-18-10-5-4-6-11-18/h4-12,15H,13-14H2,1-3H3,(H,24,26,28). The molecule has 0 aliphatic carbocycles. The number of para-hydroxylation sites is 2.